The first-order chi connectivity index (χ1) is 8.92. The van der Waals surface area contributed by atoms with E-state index in [2.05, 4.69) is 30.3 Å². The van der Waals surface area contributed by atoms with Gasteiger partial charge in [0.1, 0.15) is 11.3 Å². The van der Waals surface area contributed by atoms with Gasteiger partial charge in [-0.15, -0.1) is 11.6 Å². The first kappa shape index (κ1) is 14.3. The Morgan fingerprint density at radius 1 is 1.32 bits per heavy atom. The van der Waals surface area contributed by atoms with E-state index < -0.39 is 0 Å². The van der Waals surface area contributed by atoms with Gasteiger partial charge in [-0.1, -0.05) is 26.8 Å². The largest absolute Gasteiger partial charge is 0.328 e. The molecule has 0 aliphatic rings. The fraction of sp³-hybridized carbons (Fsp3) is 0.533. The molecule has 4 heteroatoms. The van der Waals surface area contributed by atoms with Crippen molar-refractivity contribution in [2.45, 2.75) is 40.2 Å². The monoisotopic (exact) mass is 282 g/mol. The van der Waals surface area contributed by atoms with Crippen LogP contribution in [0.4, 0.5) is 4.39 Å². The molecule has 0 fully saturated rings. The Labute approximate surface area is 118 Å². The smallest absolute Gasteiger partial charge is 0.151 e. The molecule has 0 aliphatic carbocycles. The lowest BCUT2D eigenvalue weighted by molar-refractivity contribution is 0.350. The van der Waals surface area contributed by atoms with Crippen molar-refractivity contribution >= 4 is 22.6 Å². The van der Waals surface area contributed by atoms with Crippen molar-refractivity contribution in [2.24, 2.45) is 5.41 Å². The zero-order valence-corrected chi connectivity index (χ0v) is 12.5. The molecule has 0 spiro atoms. The van der Waals surface area contributed by atoms with E-state index in [1.807, 2.05) is 6.07 Å². The van der Waals surface area contributed by atoms with Crippen LogP contribution in [0.1, 0.15) is 33.0 Å². The summed E-state index contributed by atoms with van der Waals surface area (Å²) < 4.78 is 15.9. The summed E-state index contributed by atoms with van der Waals surface area (Å²) in [6.45, 7) is 7.45. The Morgan fingerprint density at radius 2 is 2.05 bits per heavy atom. The first-order valence-corrected chi connectivity index (χ1v) is 7.15. The summed E-state index contributed by atoms with van der Waals surface area (Å²) in [4.78, 5) is 4.41. The van der Waals surface area contributed by atoms with Crippen LogP contribution in [-0.4, -0.2) is 15.4 Å². The number of hydrogen-bond donors (Lipinski definition) is 0. The van der Waals surface area contributed by atoms with Crippen molar-refractivity contribution in [3.63, 3.8) is 0 Å². The summed E-state index contributed by atoms with van der Waals surface area (Å²) in [7, 11) is 0. The molecule has 0 radical (unpaired) electrons. The van der Waals surface area contributed by atoms with Crippen molar-refractivity contribution in [2.75, 3.05) is 5.88 Å². The van der Waals surface area contributed by atoms with Crippen LogP contribution < -0.4 is 0 Å². The summed E-state index contributed by atoms with van der Waals surface area (Å²) in [5, 5.41) is 0. The number of aryl methyl sites for hydroxylation is 2. The summed E-state index contributed by atoms with van der Waals surface area (Å²) >= 11 is 5.82. The molecule has 0 amide bonds. The Hall–Kier alpha value is -1.09. The van der Waals surface area contributed by atoms with Gasteiger partial charge in [-0.25, -0.2) is 9.37 Å². The minimum Gasteiger partial charge on any atom is -0.328 e. The maximum absolute atomic E-state index is 13.8. The molecule has 104 valence electrons. The van der Waals surface area contributed by atoms with E-state index in [0.29, 0.717) is 17.8 Å². The second-order valence-electron chi connectivity index (χ2n) is 6.04. The molecule has 0 saturated carbocycles. The molecule has 2 nitrogen and oxygen atoms in total. The van der Waals surface area contributed by atoms with E-state index in [1.54, 1.807) is 6.07 Å². The fourth-order valence-electron chi connectivity index (χ4n) is 2.13. The SMILES string of the molecule is CC(C)(C)CCn1c(CCCl)nc2c(F)cccc21. The van der Waals surface area contributed by atoms with Gasteiger partial charge in [-0.05, 0) is 24.0 Å². The highest BCUT2D eigenvalue weighted by atomic mass is 35.5. The summed E-state index contributed by atoms with van der Waals surface area (Å²) in [5.41, 5.74) is 1.56. The van der Waals surface area contributed by atoms with Crippen molar-refractivity contribution in [1.29, 1.82) is 0 Å². The molecule has 0 saturated heterocycles. The molecule has 2 rings (SSSR count). The average Bonchev–Trinajstić information content (AvgIpc) is 2.66. The minimum absolute atomic E-state index is 0.238. The van der Waals surface area contributed by atoms with Gasteiger partial charge in [0.05, 0.1) is 5.52 Å². The standard InChI is InChI=1S/C15H20ClFN2/c1-15(2,3)8-10-19-12-6-4-5-11(17)14(12)18-13(19)7-9-16/h4-6H,7-10H2,1-3H3. The second-order valence-corrected chi connectivity index (χ2v) is 6.41. The van der Waals surface area contributed by atoms with Crippen LogP contribution in [0.3, 0.4) is 0 Å². The number of alkyl halides is 1. The van der Waals surface area contributed by atoms with E-state index in [-0.39, 0.29) is 11.2 Å². The van der Waals surface area contributed by atoms with Crippen LogP contribution in [0.2, 0.25) is 0 Å². The highest BCUT2D eigenvalue weighted by Gasteiger charge is 2.16. The molecule has 2 aromatic rings. The van der Waals surface area contributed by atoms with Gasteiger partial charge in [-0.2, -0.15) is 0 Å². The molecule has 1 aromatic carbocycles. The Balaban J connectivity index is 2.43. The third-order valence-corrected chi connectivity index (χ3v) is 3.40. The molecule has 0 atom stereocenters. The van der Waals surface area contributed by atoms with Gasteiger partial charge in [0.15, 0.2) is 5.82 Å². The van der Waals surface area contributed by atoms with E-state index >= 15 is 0 Å². The van der Waals surface area contributed by atoms with Crippen LogP contribution in [0.25, 0.3) is 11.0 Å². The zero-order valence-electron chi connectivity index (χ0n) is 11.7. The van der Waals surface area contributed by atoms with Gasteiger partial charge < -0.3 is 4.57 Å². The average molecular weight is 283 g/mol. The van der Waals surface area contributed by atoms with Crippen LogP contribution in [0.5, 0.6) is 0 Å². The Kier molecular flexibility index (Phi) is 4.14. The lowest BCUT2D eigenvalue weighted by Crippen LogP contribution is -2.12. The number of para-hydroxylation sites is 1. The number of benzene rings is 1. The molecule has 1 heterocycles. The first-order valence-electron chi connectivity index (χ1n) is 6.62. The topological polar surface area (TPSA) is 17.8 Å². The fourth-order valence-corrected chi connectivity index (χ4v) is 2.30. The molecule has 0 bridgehead atoms. The maximum atomic E-state index is 13.8. The van der Waals surface area contributed by atoms with E-state index in [0.717, 1.165) is 24.3 Å². The Bertz CT molecular complexity index is 569. The minimum atomic E-state index is -0.261. The van der Waals surface area contributed by atoms with Gasteiger partial charge in [-0.3, -0.25) is 0 Å². The molecule has 0 N–H and O–H groups in total. The molecular formula is C15H20ClFN2. The number of hydrogen-bond acceptors (Lipinski definition) is 1. The van der Waals surface area contributed by atoms with Crippen molar-refractivity contribution in [1.82, 2.24) is 9.55 Å². The van der Waals surface area contributed by atoms with Crippen molar-refractivity contribution in [3.8, 4) is 0 Å². The lowest BCUT2D eigenvalue weighted by atomic mass is 9.92. The number of imidazole rings is 1. The highest BCUT2D eigenvalue weighted by molar-refractivity contribution is 6.17. The van der Waals surface area contributed by atoms with Gasteiger partial charge in [0.2, 0.25) is 0 Å². The third kappa shape index (κ3) is 3.27. The second kappa shape index (κ2) is 5.49. The number of fused-ring (bicyclic) bond motifs is 1. The van der Waals surface area contributed by atoms with E-state index in [1.165, 1.54) is 6.07 Å². The molecule has 19 heavy (non-hydrogen) atoms. The van der Waals surface area contributed by atoms with Gasteiger partial charge in [0.25, 0.3) is 0 Å². The van der Waals surface area contributed by atoms with E-state index in [9.17, 15) is 4.39 Å². The number of rotatable bonds is 4. The quantitative estimate of drug-likeness (QED) is 0.760. The predicted octanol–water partition coefficient (Wildman–Crippen LogP) is 4.39. The molecule has 1 aromatic heterocycles. The van der Waals surface area contributed by atoms with Gasteiger partial charge >= 0.3 is 0 Å². The molecular weight excluding hydrogens is 263 g/mol. The number of nitrogens with zero attached hydrogens (tertiary/aromatic N) is 2. The highest BCUT2D eigenvalue weighted by Crippen LogP contribution is 2.24. The zero-order chi connectivity index (χ0) is 14.0. The number of aromatic nitrogens is 2. The summed E-state index contributed by atoms with van der Waals surface area (Å²) in [5.74, 6) is 1.11. The van der Waals surface area contributed by atoms with Crippen molar-refractivity contribution < 1.29 is 4.39 Å². The third-order valence-electron chi connectivity index (χ3n) is 3.21. The van der Waals surface area contributed by atoms with Crippen LogP contribution in [0, 0.1) is 11.2 Å². The van der Waals surface area contributed by atoms with Crippen LogP contribution in [-0.2, 0) is 13.0 Å². The molecule has 0 aliphatic heterocycles. The summed E-state index contributed by atoms with van der Waals surface area (Å²) in [6, 6.07) is 5.11. The van der Waals surface area contributed by atoms with Crippen LogP contribution in [0.15, 0.2) is 18.2 Å². The maximum Gasteiger partial charge on any atom is 0.151 e. The summed E-state index contributed by atoms with van der Waals surface area (Å²) in [6.07, 6.45) is 1.68. The molecule has 0 unspecified atom stereocenters. The predicted molar refractivity (Wildman–Crippen MR) is 78.2 cm³/mol. The lowest BCUT2D eigenvalue weighted by Gasteiger charge is -2.19. The van der Waals surface area contributed by atoms with E-state index in [4.69, 9.17) is 11.6 Å². The van der Waals surface area contributed by atoms with Crippen molar-refractivity contribution in [3.05, 3.63) is 29.8 Å². The Morgan fingerprint density at radius 3 is 2.68 bits per heavy atom. The van der Waals surface area contributed by atoms with Crippen LogP contribution >= 0.6 is 11.6 Å². The normalized spacial score (nSPS) is 12.3. The van der Waals surface area contributed by atoms with Gasteiger partial charge in [0, 0.05) is 18.8 Å². The number of halogens is 2.